The van der Waals surface area contributed by atoms with Crippen molar-refractivity contribution in [3.63, 3.8) is 0 Å². The lowest BCUT2D eigenvalue weighted by atomic mass is 9.95. The molecule has 10 nitrogen and oxygen atoms in total. The summed E-state index contributed by atoms with van der Waals surface area (Å²) >= 11 is 4.77. The van der Waals surface area contributed by atoms with Crippen molar-refractivity contribution in [1.82, 2.24) is 9.13 Å². The number of nitrogens with zero attached hydrogens (tertiary/aromatic N) is 3. The van der Waals surface area contributed by atoms with Gasteiger partial charge < -0.3 is 23.5 Å². The second-order valence-electron chi connectivity index (χ2n) is 11.2. The summed E-state index contributed by atoms with van der Waals surface area (Å²) in [6, 6.07) is 20.5. The van der Waals surface area contributed by atoms with E-state index in [1.807, 2.05) is 43.3 Å². The molecule has 1 aliphatic rings. The summed E-state index contributed by atoms with van der Waals surface area (Å²) in [4.78, 5) is 44.8. The fourth-order valence-corrected chi connectivity index (χ4v) is 7.14. The van der Waals surface area contributed by atoms with Crippen LogP contribution in [-0.2, 0) is 25.6 Å². The van der Waals surface area contributed by atoms with Crippen LogP contribution in [0.25, 0.3) is 17.0 Å². The fraction of sp³-hybridized carbons (Fsp3) is 0.243. The largest absolute Gasteiger partial charge is 0.490 e. The van der Waals surface area contributed by atoms with Crippen molar-refractivity contribution in [3.8, 4) is 11.5 Å². The van der Waals surface area contributed by atoms with Crippen molar-refractivity contribution in [2.45, 2.75) is 33.4 Å². The molecule has 0 saturated heterocycles. The molecule has 0 fully saturated rings. The van der Waals surface area contributed by atoms with Crippen LogP contribution in [-0.4, -0.2) is 48.0 Å². The number of hydrogen-bond donors (Lipinski definition) is 0. The van der Waals surface area contributed by atoms with Gasteiger partial charge in [-0.2, -0.15) is 0 Å². The number of halogens is 1. The number of aromatic nitrogens is 2. The van der Waals surface area contributed by atoms with Crippen LogP contribution in [0.15, 0.2) is 98.5 Å². The molecule has 0 unspecified atom stereocenters. The van der Waals surface area contributed by atoms with Gasteiger partial charge in [-0.05, 0) is 68.3 Å². The second-order valence-corrected chi connectivity index (χ2v) is 13.1. The number of ether oxygens (including phenoxy) is 4. The highest BCUT2D eigenvalue weighted by Gasteiger charge is 2.34. The molecule has 6 rings (SSSR count). The van der Waals surface area contributed by atoms with Crippen molar-refractivity contribution < 1.29 is 28.5 Å². The van der Waals surface area contributed by atoms with Gasteiger partial charge in [0.05, 0.1) is 42.2 Å². The molecule has 5 aromatic rings. The third-order valence-corrected chi connectivity index (χ3v) is 9.56. The summed E-state index contributed by atoms with van der Waals surface area (Å²) < 4.78 is 26.9. The number of esters is 2. The molecular weight excluding hydrogens is 710 g/mol. The lowest BCUT2D eigenvalue weighted by molar-refractivity contribution is -0.143. The fourth-order valence-electron chi connectivity index (χ4n) is 5.83. The van der Waals surface area contributed by atoms with Crippen molar-refractivity contribution in [3.05, 3.63) is 125 Å². The van der Waals surface area contributed by atoms with Gasteiger partial charge in [0, 0.05) is 33.7 Å². The number of hydrogen-bond acceptors (Lipinski definition) is 9. The highest BCUT2D eigenvalue weighted by Crippen LogP contribution is 2.36. The smallest absolute Gasteiger partial charge is 0.343 e. The van der Waals surface area contributed by atoms with E-state index < -0.39 is 18.0 Å². The Hall–Kier alpha value is -4.94. The molecule has 3 heterocycles. The van der Waals surface area contributed by atoms with Crippen molar-refractivity contribution in [2.75, 3.05) is 26.9 Å². The third-order valence-electron chi connectivity index (χ3n) is 8.05. The summed E-state index contributed by atoms with van der Waals surface area (Å²) in [7, 11) is 1.28. The van der Waals surface area contributed by atoms with Crippen molar-refractivity contribution >= 4 is 56.2 Å². The first-order valence-electron chi connectivity index (χ1n) is 15.7. The summed E-state index contributed by atoms with van der Waals surface area (Å²) in [5.41, 5.74) is 4.07. The Bertz CT molecular complexity index is 2270. The molecule has 1 aliphatic heterocycles. The zero-order valence-electron chi connectivity index (χ0n) is 27.4. The molecule has 0 saturated carbocycles. The van der Waals surface area contributed by atoms with E-state index in [1.165, 1.54) is 23.0 Å². The van der Waals surface area contributed by atoms with E-state index in [-0.39, 0.29) is 24.3 Å². The summed E-state index contributed by atoms with van der Waals surface area (Å²) in [5.74, 6) is -0.440. The molecule has 0 N–H and O–H groups in total. The van der Waals surface area contributed by atoms with Gasteiger partial charge in [-0.25, -0.2) is 14.6 Å². The van der Waals surface area contributed by atoms with Crippen LogP contribution in [0, 0.1) is 0 Å². The quantitative estimate of drug-likeness (QED) is 0.164. The molecule has 0 radical (unpaired) electrons. The summed E-state index contributed by atoms with van der Waals surface area (Å²) in [6.45, 7) is 6.11. The maximum Gasteiger partial charge on any atom is 0.343 e. The van der Waals surface area contributed by atoms with Gasteiger partial charge in [-0.1, -0.05) is 63.7 Å². The van der Waals surface area contributed by atoms with Crippen LogP contribution >= 0.6 is 27.3 Å². The van der Waals surface area contributed by atoms with E-state index in [9.17, 15) is 14.4 Å². The van der Waals surface area contributed by atoms with Gasteiger partial charge in [0.1, 0.15) is 0 Å². The molecule has 49 heavy (non-hydrogen) atoms. The Morgan fingerprint density at radius 3 is 2.51 bits per heavy atom. The number of thiazole rings is 1. The SMILES string of the molecule is CCOC(=O)C1=C(C)N=c2s/c(=C/c3cn(Cc4ccc(Br)cc4)c4ccccc34)c(=O)n2[C@H]1c1ccc(OCC(=O)OC)c(OCC)c1. The third kappa shape index (κ3) is 6.97. The Morgan fingerprint density at radius 1 is 1.00 bits per heavy atom. The predicted molar refractivity (Wildman–Crippen MR) is 191 cm³/mol. The van der Waals surface area contributed by atoms with E-state index in [4.69, 9.17) is 23.9 Å². The molecule has 0 spiro atoms. The highest BCUT2D eigenvalue weighted by atomic mass is 79.9. The number of para-hydroxylation sites is 1. The van der Waals surface area contributed by atoms with Gasteiger partial charge in [0.25, 0.3) is 5.56 Å². The van der Waals surface area contributed by atoms with Gasteiger partial charge in [-0.3, -0.25) is 9.36 Å². The highest BCUT2D eigenvalue weighted by molar-refractivity contribution is 9.10. The summed E-state index contributed by atoms with van der Waals surface area (Å²) in [5, 5.41) is 1.01. The molecule has 0 bridgehead atoms. The number of methoxy groups -OCH3 is 1. The first kappa shape index (κ1) is 33.9. The van der Waals surface area contributed by atoms with Gasteiger partial charge in [0.2, 0.25) is 0 Å². The van der Waals surface area contributed by atoms with E-state index in [0.717, 1.165) is 26.5 Å². The minimum atomic E-state index is -0.856. The van der Waals surface area contributed by atoms with E-state index in [0.29, 0.717) is 45.2 Å². The maximum absolute atomic E-state index is 14.4. The first-order chi connectivity index (χ1) is 23.7. The predicted octanol–water partition coefficient (Wildman–Crippen LogP) is 5.51. The van der Waals surface area contributed by atoms with E-state index >= 15 is 0 Å². The molecule has 2 aromatic heterocycles. The van der Waals surface area contributed by atoms with Crippen LogP contribution < -0.4 is 24.4 Å². The van der Waals surface area contributed by atoms with Crippen molar-refractivity contribution in [1.29, 1.82) is 0 Å². The van der Waals surface area contributed by atoms with Crippen LogP contribution in [0.3, 0.4) is 0 Å². The Balaban J connectivity index is 1.48. The number of rotatable bonds is 11. The lowest BCUT2D eigenvalue weighted by Crippen LogP contribution is -2.40. The van der Waals surface area contributed by atoms with Crippen molar-refractivity contribution in [2.24, 2.45) is 4.99 Å². The zero-order valence-corrected chi connectivity index (χ0v) is 29.8. The standard InChI is InChI=1S/C37H34BrN3O7S/c1-5-46-30-17-24(13-16-29(30)48-21-32(42)45-4)34-33(36(44)47-6-2)22(3)39-37-41(34)35(43)31(49-37)18-25-20-40(28-10-8-7-9-27(25)28)19-23-11-14-26(38)15-12-23/h7-18,20,34H,5-6,19,21H2,1-4H3/b31-18+/t34-/m0/s1. The normalized spacial score (nSPS) is 14.4. The molecule has 12 heteroatoms. The number of carbonyl (C=O) groups is 2. The van der Waals surface area contributed by atoms with Gasteiger partial charge in [0.15, 0.2) is 22.9 Å². The van der Waals surface area contributed by atoms with Gasteiger partial charge >= 0.3 is 11.9 Å². The number of fused-ring (bicyclic) bond motifs is 2. The number of benzene rings is 3. The van der Waals surface area contributed by atoms with E-state index in [1.54, 1.807) is 32.0 Å². The Kier molecular flexibility index (Phi) is 10.2. The molecule has 252 valence electrons. The molecule has 0 aliphatic carbocycles. The monoisotopic (exact) mass is 743 g/mol. The average Bonchev–Trinajstić information content (AvgIpc) is 3.60. The minimum Gasteiger partial charge on any atom is -0.490 e. The zero-order chi connectivity index (χ0) is 34.7. The maximum atomic E-state index is 14.4. The van der Waals surface area contributed by atoms with E-state index in [2.05, 4.69) is 44.9 Å². The molecular formula is C37H34BrN3O7S. The van der Waals surface area contributed by atoms with Crippen LogP contribution in [0.2, 0.25) is 0 Å². The Labute approximate surface area is 294 Å². The Morgan fingerprint density at radius 2 is 1.78 bits per heavy atom. The topological polar surface area (TPSA) is 110 Å². The minimum absolute atomic E-state index is 0.154. The summed E-state index contributed by atoms with van der Waals surface area (Å²) in [6.07, 6.45) is 3.94. The van der Waals surface area contributed by atoms with Crippen LogP contribution in [0.5, 0.6) is 11.5 Å². The van der Waals surface area contributed by atoms with Crippen LogP contribution in [0.1, 0.15) is 43.5 Å². The average molecular weight is 745 g/mol. The number of carbonyl (C=O) groups excluding carboxylic acids is 2. The number of allylic oxidation sites excluding steroid dienone is 1. The molecule has 3 aromatic carbocycles. The lowest BCUT2D eigenvalue weighted by Gasteiger charge is -2.25. The second kappa shape index (κ2) is 14.7. The first-order valence-corrected chi connectivity index (χ1v) is 17.3. The molecule has 1 atom stereocenters. The van der Waals surface area contributed by atoms with Gasteiger partial charge in [-0.15, -0.1) is 0 Å². The van der Waals surface area contributed by atoms with Crippen LogP contribution in [0.4, 0.5) is 0 Å². The molecule has 0 amide bonds.